The highest BCUT2D eigenvalue weighted by molar-refractivity contribution is 7.89. The zero-order chi connectivity index (χ0) is 14.9. The molecule has 2 N–H and O–H groups in total. The highest BCUT2D eigenvalue weighted by Gasteiger charge is 2.35. The van der Waals surface area contributed by atoms with E-state index in [9.17, 15) is 18.5 Å². The van der Waals surface area contributed by atoms with Gasteiger partial charge in [0.15, 0.2) is 4.90 Å². The molecule has 0 bridgehead atoms. The Morgan fingerprint density at radius 2 is 2.20 bits per heavy atom. The van der Waals surface area contributed by atoms with Crippen LogP contribution in [0.2, 0.25) is 0 Å². The van der Waals surface area contributed by atoms with Crippen molar-refractivity contribution in [1.82, 2.24) is 4.31 Å². The molecule has 0 aliphatic carbocycles. The Morgan fingerprint density at radius 3 is 2.80 bits per heavy atom. The van der Waals surface area contributed by atoms with Crippen molar-refractivity contribution in [2.75, 3.05) is 25.4 Å². The Hall–Kier alpha value is -1.71. The van der Waals surface area contributed by atoms with Crippen LogP contribution in [0.1, 0.15) is 6.92 Å². The zero-order valence-corrected chi connectivity index (χ0v) is 11.7. The third-order valence-corrected chi connectivity index (χ3v) is 4.93. The summed E-state index contributed by atoms with van der Waals surface area (Å²) in [6.45, 7) is 2.33. The summed E-state index contributed by atoms with van der Waals surface area (Å²) in [5.74, 6) is 0. The predicted molar refractivity (Wildman–Crippen MR) is 71.7 cm³/mol. The van der Waals surface area contributed by atoms with E-state index in [0.717, 1.165) is 0 Å². The van der Waals surface area contributed by atoms with Gasteiger partial charge in [0.05, 0.1) is 17.6 Å². The quantitative estimate of drug-likeness (QED) is 0.496. The van der Waals surface area contributed by atoms with E-state index in [4.69, 9.17) is 10.5 Å². The number of benzene rings is 1. The van der Waals surface area contributed by atoms with Crippen LogP contribution >= 0.6 is 0 Å². The number of nitrogens with zero attached hydrogens (tertiary/aromatic N) is 2. The first-order valence-electron chi connectivity index (χ1n) is 5.98. The number of sulfonamides is 1. The molecule has 0 aromatic heterocycles. The molecule has 2 rings (SSSR count). The van der Waals surface area contributed by atoms with Crippen LogP contribution in [0.3, 0.4) is 0 Å². The lowest BCUT2D eigenvalue weighted by molar-refractivity contribution is -0.386. The van der Waals surface area contributed by atoms with Crippen LogP contribution in [-0.4, -0.2) is 43.4 Å². The zero-order valence-electron chi connectivity index (χ0n) is 10.9. The topological polar surface area (TPSA) is 116 Å². The average molecular weight is 301 g/mol. The summed E-state index contributed by atoms with van der Waals surface area (Å²) in [6, 6.07) is 3.89. The molecule has 1 unspecified atom stereocenters. The fraction of sp³-hybridized carbons (Fsp3) is 0.455. The van der Waals surface area contributed by atoms with Crippen molar-refractivity contribution in [1.29, 1.82) is 0 Å². The van der Waals surface area contributed by atoms with E-state index in [1.807, 2.05) is 0 Å². The Labute approximate surface area is 116 Å². The lowest BCUT2D eigenvalue weighted by Gasteiger charge is -2.30. The highest BCUT2D eigenvalue weighted by atomic mass is 32.2. The maximum atomic E-state index is 12.5. The van der Waals surface area contributed by atoms with Crippen molar-refractivity contribution in [2.24, 2.45) is 0 Å². The third-order valence-electron chi connectivity index (χ3n) is 3.03. The molecule has 0 amide bonds. The standard InChI is InChI=1S/C11H15N3O5S/c1-8-7-13(5-6-19-8)20(17,18)10-4-2-3-9(12)11(10)14(15)16/h2-4,8H,5-7,12H2,1H3. The smallest absolute Gasteiger partial charge is 0.312 e. The van der Waals surface area contributed by atoms with Crippen LogP contribution in [0.25, 0.3) is 0 Å². The van der Waals surface area contributed by atoms with Crippen molar-refractivity contribution >= 4 is 21.4 Å². The minimum atomic E-state index is -3.96. The fourth-order valence-electron chi connectivity index (χ4n) is 2.09. The number of hydrogen-bond donors (Lipinski definition) is 1. The minimum absolute atomic E-state index is 0.161. The van der Waals surface area contributed by atoms with E-state index in [2.05, 4.69) is 0 Å². The number of nitro groups is 1. The van der Waals surface area contributed by atoms with Crippen LogP contribution in [0, 0.1) is 10.1 Å². The number of nitro benzene ring substituents is 1. The first-order chi connectivity index (χ1) is 9.34. The monoisotopic (exact) mass is 301 g/mol. The van der Waals surface area contributed by atoms with Gasteiger partial charge in [0.2, 0.25) is 10.0 Å². The number of morpholine rings is 1. The van der Waals surface area contributed by atoms with Crippen molar-refractivity contribution < 1.29 is 18.1 Å². The third kappa shape index (κ3) is 2.60. The van der Waals surface area contributed by atoms with Gasteiger partial charge in [0.25, 0.3) is 0 Å². The molecule has 20 heavy (non-hydrogen) atoms. The Kier molecular flexibility index (Phi) is 3.93. The lowest BCUT2D eigenvalue weighted by atomic mass is 10.3. The molecule has 1 heterocycles. The Balaban J connectivity index is 2.49. The minimum Gasteiger partial charge on any atom is -0.393 e. The molecule has 8 nitrogen and oxygen atoms in total. The number of nitrogen functional groups attached to an aromatic ring is 1. The van der Waals surface area contributed by atoms with Crippen LogP contribution in [0.5, 0.6) is 0 Å². The van der Waals surface area contributed by atoms with Gasteiger partial charge in [-0.2, -0.15) is 4.31 Å². The van der Waals surface area contributed by atoms with Gasteiger partial charge in [-0.3, -0.25) is 10.1 Å². The summed E-state index contributed by atoms with van der Waals surface area (Å²) in [6.07, 6.45) is -0.251. The SMILES string of the molecule is CC1CN(S(=O)(=O)c2cccc(N)c2[N+](=O)[O-])CCO1. The molecular formula is C11H15N3O5S. The van der Waals surface area contributed by atoms with Gasteiger partial charge in [-0.1, -0.05) is 6.07 Å². The normalized spacial score (nSPS) is 20.8. The van der Waals surface area contributed by atoms with E-state index in [0.29, 0.717) is 0 Å². The molecular weight excluding hydrogens is 286 g/mol. The summed E-state index contributed by atoms with van der Waals surface area (Å²) in [7, 11) is -3.96. The first kappa shape index (κ1) is 14.7. The summed E-state index contributed by atoms with van der Waals surface area (Å²) in [5, 5.41) is 11.1. The molecule has 1 fully saturated rings. The molecule has 1 aromatic rings. The second-order valence-corrected chi connectivity index (χ2v) is 6.40. The van der Waals surface area contributed by atoms with E-state index >= 15 is 0 Å². The van der Waals surface area contributed by atoms with Gasteiger partial charge in [-0.15, -0.1) is 0 Å². The Morgan fingerprint density at radius 1 is 1.50 bits per heavy atom. The second kappa shape index (κ2) is 5.35. The molecule has 110 valence electrons. The van der Waals surface area contributed by atoms with Gasteiger partial charge in [0.1, 0.15) is 5.69 Å². The molecule has 1 aliphatic heterocycles. The maximum Gasteiger partial charge on any atom is 0.312 e. The van der Waals surface area contributed by atoms with Crippen LogP contribution in [0.15, 0.2) is 23.1 Å². The molecule has 0 saturated carbocycles. The number of anilines is 1. The second-order valence-electron chi connectivity index (χ2n) is 4.50. The lowest BCUT2D eigenvalue weighted by Crippen LogP contribution is -2.44. The molecule has 1 atom stereocenters. The number of ether oxygens (including phenoxy) is 1. The van der Waals surface area contributed by atoms with Gasteiger partial charge >= 0.3 is 5.69 Å². The number of para-hydroxylation sites is 1. The van der Waals surface area contributed by atoms with Gasteiger partial charge in [-0.25, -0.2) is 8.42 Å². The van der Waals surface area contributed by atoms with Crippen molar-refractivity contribution in [3.63, 3.8) is 0 Å². The van der Waals surface area contributed by atoms with Crippen molar-refractivity contribution in [2.45, 2.75) is 17.9 Å². The van der Waals surface area contributed by atoms with E-state index in [-0.39, 0.29) is 36.4 Å². The molecule has 1 aromatic carbocycles. The average Bonchev–Trinajstić information content (AvgIpc) is 2.38. The Bertz CT molecular complexity index is 631. The fourth-order valence-corrected chi connectivity index (χ4v) is 3.77. The summed E-state index contributed by atoms with van der Waals surface area (Å²) in [5.41, 5.74) is 4.78. The number of nitrogens with two attached hydrogens (primary N) is 1. The number of rotatable bonds is 3. The van der Waals surface area contributed by atoms with Crippen molar-refractivity contribution in [3.05, 3.63) is 28.3 Å². The molecule has 0 radical (unpaired) electrons. The first-order valence-corrected chi connectivity index (χ1v) is 7.42. The van der Waals surface area contributed by atoms with E-state index in [1.165, 1.54) is 22.5 Å². The van der Waals surface area contributed by atoms with Crippen LogP contribution in [-0.2, 0) is 14.8 Å². The summed E-state index contributed by atoms with van der Waals surface area (Å²) >= 11 is 0. The van der Waals surface area contributed by atoms with E-state index < -0.39 is 20.6 Å². The number of hydrogen-bond acceptors (Lipinski definition) is 6. The van der Waals surface area contributed by atoms with Crippen molar-refractivity contribution in [3.8, 4) is 0 Å². The highest BCUT2D eigenvalue weighted by Crippen LogP contribution is 2.32. The van der Waals surface area contributed by atoms with Gasteiger partial charge < -0.3 is 10.5 Å². The van der Waals surface area contributed by atoms with Crippen LogP contribution < -0.4 is 5.73 Å². The molecule has 1 saturated heterocycles. The summed E-state index contributed by atoms with van der Waals surface area (Å²) in [4.78, 5) is 9.90. The molecule has 0 spiro atoms. The molecule has 9 heteroatoms. The van der Waals surface area contributed by atoms with Gasteiger partial charge in [0, 0.05) is 13.1 Å². The predicted octanol–water partition coefficient (Wildman–Crippen LogP) is 0.586. The summed E-state index contributed by atoms with van der Waals surface area (Å²) < 4.78 is 31.5. The van der Waals surface area contributed by atoms with Crippen LogP contribution in [0.4, 0.5) is 11.4 Å². The maximum absolute atomic E-state index is 12.5. The van der Waals surface area contributed by atoms with Gasteiger partial charge in [-0.05, 0) is 19.1 Å². The molecule has 1 aliphatic rings. The van der Waals surface area contributed by atoms with E-state index in [1.54, 1.807) is 6.92 Å². The largest absolute Gasteiger partial charge is 0.393 e.